The third-order valence-electron chi connectivity index (χ3n) is 1.93. The SMILES string of the molecule is CC(C(=O)O)C(N)C(C)(C)C. The minimum atomic E-state index is -0.826. The number of hydrogen-bond donors (Lipinski definition) is 2. The van der Waals surface area contributed by atoms with Crippen molar-refractivity contribution in [3.8, 4) is 0 Å². The second-order valence-corrected chi connectivity index (χ2v) is 4.02. The normalized spacial score (nSPS) is 17.5. The Morgan fingerprint density at radius 3 is 1.91 bits per heavy atom. The molecule has 66 valence electrons. The topological polar surface area (TPSA) is 63.3 Å². The van der Waals surface area contributed by atoms with Gasteiger partial charge in [-0.3, -0.25) is 4.79 Å². The molecule has 3 nitrogen and oxygen atoms in total. The van der Waals surface area contributed by atoms with Crippen molar-refractivity contribution in [1.29, 1.82) is 0 Å². The third kappa shape index (κ3) is 2.89. The monoisotopic (exact) mass is 159 g/mol. The van der Waals surface area contributed by atoms with Crippen molar-refractivity contribution in [2.75, 3.05) is 0 Å². The zero-order valence-corrected chi connectivity index (χ0v) is 7.59. The molecule has 0 amide bonds. The van der Waals surface area contributed by atoms with Gasteiger partial charge in [-0.1, -0.05) is 27.7 Å². The van der Waals surface area contributed by atoms with Crippen molar-refractivity contribution in [2.24, 2.45) is 17.1 Å². The molecular formula is C8H17NO2. The van der Waals surface area contributed by atoms with Crippen molar-refractivity contribution in [2.45, 2.75) is 33.7 Å². The standard InChI is InChI=1S/C8H17NO2/c1-5(7(10)11)6(9)8(2,3)4/h5-6H,9H2,1-4H3,(H,10,11). The first-order valence-electron chi connectivity index (χ1n) is 3.75. The molecule has 0 aliphatic heterocycles. The molecule has 0 saturated carbocycles. The molecule has 0 saturated heterocycles. The molecule has 0 aromatic heterocycles. The average molecular weight is 159 g/mol. The number of rotatable bonds is 2. The molecule has 0 aromatic carbocycles. The van der Waals surface area contributed by atoms with Crippen LogP contribution in [0, 0.1) is 11.3 Å². The first-order chi connectivity index (χ1) is 4.76. The van der Waals surface area contributed by atoms with Gasteiger partial charge in [-0.25, -0.2) is 0 Å². The Morgan fingerprint density at radius 2 is 1.82 bits per heavy atom. The molecule has 0 heterocycles. The quantitative estimate of drug-likeness (QED) is 0.633. The molecule has 0 fully saturated rings. The summed E-state index contributed by atoms with van der Waals surface area (Å²) >= 11 is 0. The van der Waals surface area contributed by atoms with E-state index in [0.29, 0.717) is 0 Å². The van der Waals surface area contributed by atoms with Crippen LogP contribution in [-0.4, -0.2) is 17.1 Å². The van der Waals surface area contributed by atoms with Crippen LogP contribution < -0.4 is 5.73 Å². The highest BCUT2D eigenvalue weighted by Gasteiger charge is 2.29. The van der Waals surface area contributed by atoms with Crippen molar-refractivity contribution < 1.29 is 9.90 Å². The molecule has 0 radical (unpaired) electrons. The first kappa shape index (κ1) is 10.4. The van der Waals surface area contributed by atoms with E-state index in [1.807, 2.05) is 20.8 Å². The van der Waals surface area contributed by atoms with Crippen LogP contribution in [-0.2, 0) is 4.79 Å². The predicted molar refractivity (Wildman–Crippen MR) is 44.2 cm³/mol. The van der Waals surface area contributed by atoms with Crippen LogP contribution >= 0.6 is 0 Å². The fraction of sp³-hybridized carbons (Fsp3) is 0.875. The molecule has 3 heteroatoms. The summed E-state index contributed by atoms with van der Waals surface area (Å²) in [6.07, 6.45) is 0. The summed E-state index contributed by atoms with van der Waals surface area (Å²) in [5.74, 6) is -1.30. The van der Waals surface area contributed by atoms with Crippen LogP contribution in [0.1, 0.15) is 27.7 Å². The summed E-state index contributed by atoms with van der Waals surface area (Å²) in [4.78, 5) is 10.5. The van der Waals surface area contributed by atoms with Gasteiger partial charge < -0.3 is 10.8 Å². The minimum Gasteiger partial charge on any atom is -0.481 e. The number of hydrogen-bond acceptors (Lipinski definition) is 2. The lowest BCUT2D eigenvalue weighted by molar-refractivity contribution is -0.142. The summed E-state index contributed by atoms with van der Waals surface area (Å²) in [7, 11) is 0. The third-order valence-corrected chi connectivity index (χ3v) is 1.93. The van der Waals surface area contributed by atoms with E-state index in [1.165, 1.54) is 0 Å². The summed E-state index contributed by atoms with van der Waals surface area (Å²) in [5, 5.41) is 8.64. The van der Waals surface area contributed by atoms with Gasteiger partial charge in [-0.05, 0) is 5.41 Å². The fourth-order valence-corrected chi connectivity index (χ4v) is 0.904. The molecule has 0 spiro atoms. The Morgan fingerprint density at radius 1 is 1.45 bits per heavy atom. The van der Waals surface area contributed by atoms with Gasteiger partial charge in [0.05, 0.1) is 5.92 Å². The second-order valence-electron chi connectivity index (χ2n) is 4.02. The van der Waals surface area contributed by atoms with Gasteiger partial charge >= 0.3 is 5.97 Å². The summed E-state index contributed by atoms with van der Waals surface area (Å²) in [5.41, 5.74) is 5.57. The highest BCUT2D eigenvalue weighted by Crippen LogP contribution is 2.23. The fourth-order valence-electron chi connectivity index (χ4n) is 0.904. The van der Waals surface area contributed by atoms with E-state index in [-0.39, 0.29) is 11.5 Å². The van der Waals surface area contributed by atoms with Crippen LogP contribution in [0.25, 0.3) is 0 Å². The second kappa shape index (κ2) is 3.22. The molecule has 0 bridgehead atoms. The van der Waals surface area contributed by atoms with Gasteiger partial charge in [0.2, 0.25) is 0 Å². The van der Waals surface area contributed by atoms with Gasteiger partial charge in [0.25, 0.3) is 0 Å². The Balaban J connectivity index is 4.25. The van der Waals surface area contributed by atoms with Gasteiger partial charge in [-0.15, -0.1) is 0 Å². The van der Waals surface area contributed by atoms with Crippen molar-refractivity contribution in [3.05, 3.63) is 0 Å². The maximum absolute atomic E-state index is 10.5. The highest BCUT2D eigenvalue weighted by molar-refractivity contribution is 5.70. The lowest BCUT2D eigenvalue weighted by atomic mass is 9.80. The first-order valence-corrected chi connectivity index (χ1v) is 3.75. The Kier molecular flexibility index (Phi) is 3.05. The summed E-state index contributed by atoms with van der Waals surface area (Å²) in [6.45, 7) is 7.46. The van der Waals surface area contributed by atoms with E-state index in [9.17, 15) is 4.79 Å². The Labute approximate surface area is 67.6 Å². The number of carbonyl (C=O) groups is 1. The molecule has 0 aromatic rings. The van der Waals surface area contributed by atoms with E-state index in [0.717, 1.165) is 0 Å². The van der Waals surface area contributed by atoms with Gasteiger partial charge in [0.1, 0.15) is 0 Å². The van der Waals surface area contributed by atoms with Gasteiger partial charge in [0.15, 0.2) is 0 Å². The minimum absolute atomic E-state index is 0.141. The predicted octanol–water partition coefficient (Wildman–Crippen LogP) is 1.08. The Bertz CT molecular complexity index is 149. The molecule has 2 atom stereocenters. The van der Waals surface area contributed by atoms with Crippen molar-refractivity contribution >= 4 is 5.97 Å². The lowest BCUT2D eigenvalue weighted by Crippen LogP contribution is -2.43. The molecule has 0 rings (SSSR count). The zero-order valence-electron chi connectivity index (χ0n) is 7.59. The largest absolute Gasteiger partial charge is 0.481 e. The number of aliphatic carboxylic acids is 1. The van der Waals surface area contributed by atoms with E-state index in [1.54, 1.807) is 6.92 Å². The van der Waals surface area contributed by atoms with Crippen LogP contribution in [0.5, 0.6) is 0 Å². The van der Waals surface area contributed by atoms with Crippen molar-refractivity contribution in [1.82, 2.24) is 0 Å². The maximum atomic E-state index is 10.5. The number of nitrogens with two attached hydrogens (primary N) is 1. The maximum Gasteiger partial charge on any atom is 0.307 e. The van der Waals surface area contributed by atoms with Crippen LogP contribution in [0.2, 0.25) is 0 Å². The zero-order chi connectivity index (χ0) is 9.23. The van der Waals surface area contributed by atoms with Crippen LogP contribution in [0.3, 0.4) is 0 Å². The van der Waals surface area contributed by atoms with Crippen molar-refractivity contribution in [3.63, 3.8) is 0 Å². The van der Waals surface area contributed by atoms with E-state index < -0.39 is 11.9 Å². The van der Waals surface area contributed by atoms with Gasteiger partial charge in [0, 0.05) is 6.04 Å². The van der Waals surface area contributed by atoms with E-state index in [4.69, 9.17) is 10.8 Å². The highest BCUT2D eigenvalue weighted by atomic mass is 16.4. The van der Waals surface area contributed by atoms with E-state index in [2.05, 4.69) is 0 Å². The molecular weight excluding hydrogens is 142 g/mol. The summed E-state index contributed by atoms with van der Waals surface area (Å²) < 4.78 is 0. The van der Waals surface area contributed by atoms with Crippen LogP contribution in [0.15, 0.2) is 0 Å². The Hall–Kier alpha value is -0.570. The lowest BCUT2D eigenvalue weighted by Gasteiger charge is -2.29. The summed E-state index contributed by atoms with van der Waals surface area (Å²) in [6, 6.07) is -0.292. The number of carboxylic acids is 1. The average Bonchev–Trinajstić information content (AvgIpc) is 1.82. The molecule has 0 aliphatic carbocycles. The smallest absolute Gasteiger partial charge is 0.307 e. The molecule has 3 N–H and O–H groups in total. The van der Waals surface area contributed by atoms with Gasteiger partial charge in [-0.2, -0.15) is 0 Å². The number of carboxylic acid groups (broad SMARTS) is 1. The molecule has 2 unspecified atom stereocenters. The van der Waals surface area contributed by atoms with E-state index >= 15 is 0 Å². The molecule has 11 heavy (non-hydrogen) atoms. The van der Waals surface area contributed by atoms with Crippen LogP contribution in [0.4, 0.5) is 0 Å². The molecule has 0 aliphatic rings.